The summed E-state index contributed by atoms with van der Waals surface area (Å²) in [4.78, 5) is 32.9. The number of nitrogens with zero attached hydrogens (tertiary/aromatic N) is 3. The van der Waals surface area contributed by atoms with Gasteiger partial charge in [0.15, 0.2) is 0 Å². The molecule has 0 fully saturated rings. The van der Waals surface area contributed by atoms with Crippen molar-refractivity contribution in [1.82, 2.24) is 9.78 Å². The van der Waals surface area contributed by atoms with Gasteiger partial charge in [-0.1, -0.05) is 12.1 Å². The number of hydrogen-bond acceptors (Lipinski definition) is 5. The highest BCUT2D eigenvalue weighted by atomic mass is 16.6. The number of benzene rings is 1. The van der Waals surface area contributed by atoms with Gasteiger partial charge in [0.1, 0.15) is 12.4 Å². The third-order valence-corrected chi connectivity index (χ3v) is 3.44. The smallest absolute Gasteiger partial charge is 0.310 e. The summed E-state index contributed by atoms with van der Waals surface area (Å²) in [5.74, 6) is -1.92. The molecule has 126 valence electrons. The van der Waals surface area contributed by atoms with E-state index in [1.165, 1.54) is 10.9 Å². The van der Waals surface area contributed by atoms with Crippen LogP contribution in [-0.2, 0) is 16.1 Å². The molecule has 9 heteroatoms. The van der Waals surface area contributed by atoms with Gasteiger partial charge < -0.3 is 10.4 Å². The van der Waals surface area contributed by atoms with Crippen LogP contribution in [0, 0.1) is 10.1 Å². The Kier molecular flexibility index (Phi) is 5.25. The van der Waals surface area contributed by atoms with Crippen molar-refractivity contribution in [2.75, 3.05) is 5.32 Å². The minimum Gasteiger partial charge on any atom is -0.481 e. The van der Waals surface area contributed by atoms with Gasteiger partial charge in [0.25, 0.3) is 0 Å². The molecule has 0 radical (unpaired) electrons. The number of carbonyl (C=O) groups is 2. The molecule has 9 nitrogen and oxygen atoms in total. The predicted octanol–water partition coefficient (Wildman–Crippen LogP) is 2.01. The summed E-state index contributed by atoms with van der Waals surface area (Å²) in [5, 5.41) is 26.0. The molecule has 1 unspecified atom stereocenters. The maximum absolute atomic E-state index is 11.9. The second kappa shape index (κ2) is 7.36. The van der Waals surface area contributed by atoms with E-state index >= 15 is 0 Å². The molecule has 24 heavy (non-hydrogen) atoms. The Morgan fingerprint density at radius 2 is 2.21 bits per heavy atom. The highest BCUT2D eigenvalue weighted by molar-refractivity contribution is 5.91. The van der Waals surface area contributed by atoms with Crippen LogP contribution in [0.3, 0.4) is 0 Å². The number of nitrogens with one attached hydrogen (secondary N) is 1. The Hall–Kier alpha value is -3.23. The number of hydrogen-bond donors (Lipinski definition) is 2. The Balaban J connectivity index is 1.93. The zero-order chi connectivity index (χ0) is 17.7. The van der Waals surface area contributed by atoms with Gasteiger partial charge in [-0.25, -0.2) is 0 Å². The minimum absolute atomic E-state index is 0.0809. The number of anilines is 1. The number of carbonyl (C=O) groups excluding carboxylic acids is 1. The molecule has 1 amide bonds. The second-order valence-corrected chi connectivity index (χ2v) is 5.20. The van der Waals surface area contributed by atoms with Crippen molar-refractivity contribution in [3.8, 4) is 0 Å². The van der Waals surface area contributed by atoms with Crippen molar-refractivity contribution in [2.24, 2.45) is 0 Å². The lowest BCUT2D eigenvalue weighted by molar-refractivity contribution is -0.385. The van der Waals surface area contributed by atoms with Crippen LogP contribution in [0.2, 0.25) is 0 Å². The Labute approximate surface area is 137 Å². The topological polar surface area (TPSA) is 127 Å². The first kappa shape index (κ1) is 17.1. The number of carboxylic acid groups (broad SMARTS) is 1. The fourth-order valence-electron chi connectivity index (χ4n) is 2.04. The van der Waals surface area contributed by atoms with Crippen molar-refractivity contribution >= 4 is 23.3 Å². The molecular weight excluding hydrogens is 316 g/mol. The SMILES string of the molecule is CC(C(=O)O)c1cccc(NC(=O)CCn2cc([N+](=O)[O-])cn2)c1. The molecule has 0 aliphatic heterocycles. The van der Waals surface area contributed by atoms with E-state index in [0.717, 1.165) is 6.20 Å². The van der Waals surface area contributed by atoms with Crippen LogP contribution in [0.1, 0.15) is 24.8 Å². The van der Waals surface area contributed by atoms with Crippen molar-refractivity contribution in [3.05, 3.63) is 52.3 Å². The molecule has 1 aromatic heterocycles. The van der Waals surface area contributed by atoms with Gasteiger partial charge in [-0.05, 0) is 24.6 Å². The number of amides is 1. The summed E-state index contributed by atoms with van der Waals surface area (Å²) in [6, 6.07) is 6.61. The highest BCUT2D eigenvalue weighted by Crippen LogP contribution is 2.19. The molecule has 1 aromatic carbocycles. The van der Waals surface area contributed by atoms with Crippen LogP contribution in [0.15, 0.2) is 36.7 Å². The lowest BCUT2D eigenvalue weighted by Gasteiger charge is -2.10. The average molecular weight is 332 g/mol. The molecule has 0 saturated carbocycles. The van der Waals surface area contributed by atoms with Crippen LogP contribution in [0.4, 0.5) is 11.4 Å². The van der Waals surface area contributed by atoms with E-state index in [9.17, 15) is 19.7 Å². The zero-order valence-corrected chi connectivity index (χ0v) is 12.9. The van der Waals surface area contributed by atoms with Gasteiger partial charge in [-0.15, -0.1) is 0 Å². The molecule has 0 spiro atoms. The summed E-state index contributed by atoms with van der Waals surface area (Å²) < 4.78 is 1.32. The van der Waals surface area contributed by atoms with Gasteiger partial charge in [0, 0.05) is 18.7 Å². The van der Waals surface area contributed by atoms with E-state index < -0.39 is 16.8 Å². The van der Waals surface area contributed by atoms with Crippen molar-refractivity contribution in [3.63, 3.8) is 0 Å². The monoisotopic (exact) mass is 332 g/mol. The second-order valence-electron chi connectivity index (χ2n) is 5.20. The van der Waals surface area contributed by atoms with Crippen LogP contribution in [-0.4, -0.2) is 31.7 Å². The zero-order valence-electron chi connectivity index (χ0n) is 12.9. The lowest BCUT2D eigenvalue weighted by Crippen LogP contribution is -2.15. The van der Waals surface area contributed by atoms with Gasteiger partial charge in [-0.2, -0.15) is 5.10 Å². The van der Waals surface area contributed by atoms with E-state index in [4.69, 9.17) is 5.11 Å². The molecule has 1 heterocycles. The first-order valence-corrected chi connectivity index (χ1v) is 7.16. The molecule has 1 atom stereocenters. The molecule has 2 aromatic rings. The number of carboxylic acids is 1. The number of nitro groups is 1. The fourth-order valence-corrected chi connectivity index (χ4v) is 2.04. The van der Waals surface area contributed by atoms with Gasteiger partial charge in [0.2, 0.25) is 5.91 Å². The Morgan fingerprint density at radius 3 is 2.83 bits per heavy atom. The molecule has 0 bridgehead atoms. The first-order chi connectivity index (χ1) is 11.4. The maximum atomic E-state index is 11.9. The number of rotatable bonds is 7. The maximum Gasteiger partial charge on any atom is 0.310 e. The fraction of sp³-hybridized carbons (Fsp3) is 0.267. The Bertz CT molecular complexity index is 771. The van der Waals surface area contributed by atoms with Crippen LogP contribution in [0.25, 0.3) is 0 Å². The van der Waals surface area contributed by atoms with Crippen molar-refractivity contribution in [1.29, 1.82) is 0 Å². The molecular formula is C15H16N4O5. The summed E-state index contributed by atoms with van der Waals surface area (Å²) in [6.45, 7) is 1.76. The van der Waals surface area contributed by atoms with Gasteiger partial charge in [0.05, 0.1) is 10.8 Å². The molecule has 0 aliphatic carbocycles. The standard InChI is InChI=1S/C15H16N4O5/c1-10(15(21)22)11-3-2-4-12(7-11)17-14(20)5-6-18-9-13(8-16-18)19(23)24/h2-4,7-10H,5-6H2,1H3,(H,17,20)(H,21,22). The van der Waals surface area contributed by atoms with Crippen LogP contribution < -0.4 is 5.32 Å². The van der Waals surface area contributed by atoms with Crippen LogP contribution >= 0.6 is 0 Å². The van der Waals surface area contributed by atoms with Gasteiger partial charge >= 0.3 is 11.7 Å². The number of aryl methyl sites for hydroxylation is 1. The summed E-state index contributed by atoms with van der Waals surface area (Å²) >= 11 is 0. The predicted molar refractivity (Wildman–Crippen MR) is 84.6 cm³/mol. The third-order valence-electron chi connectivity index (χ3n) is 3.44. The first-order valence-electron chi connectivity index (χ1n) is 7.16. The number of aliphatic carboxylic acids is 1. The third kappa shape index (κ3) is 4.38. The number of aromatic nitrogens is 2. The van der Waals surface area contributed by atoms with Crippen LogP contribution in [0.5, 0.6) is 0 Å². The van der Waals surface area contributed by atoms with E-state index in [1.54, 1.807) is 31.2 Å². The summed E-state index contributed by atoms with van der Waals surface area (Å²) in [6.07, 6.45) is 2.45. The lowest BCUT2D eigenvalue weighted by atomic mass is 10.0. The van der Waals surface area contributed by atoms with Crippen molar-refractivity contribution in [2.45, 2.75) is 25.8 Å². The average Bonchev–Trinajstić information content (AvgIpc) is 3.01. The minimum atomic E-state index is -0.946. The van der Waals surface area contributed by atoms with E-state index in [2.05, 4.69) is 10.4 Å². The van der Waals surface area contributed by atoms with E-state index in [1.807, 2.05) is 0 Å². The summed E-state index contributed by atoms with van der Waals surface area (Å²) in [7, 11) is 0. The molecule has 0 saturated heterocycles. The van der Waals surface area contributed by atoms with E-state index in [-0.39, 0.29) is 24.6 Å². The normalized spacial score (nSPS) is 11.7. The highest BCUT2D eigenvalue weighted by Gasteiger charge is 2.14. The molecule has 0 aliphatic rings. The Morgan fingerprint density at radius 1 is 1.46 bits per heavy atom. The van der Waals surface area contributed by atoms with Gasteiger partial charge in [-0.3, -0.25) is 24.4 Å². The largest absolute Gasteiger partial charge is 0.481 e. The summed E-state index contributed by atoms with van der Waals surface area (Å²) in [5.41, 5.74) is 0.950. The van der Waals surface area contributed by atoms with Crippen molar-refractivity contribution < 1.29 is 19.6 Å². The quantitative estimate of drug-likeness (QED) is 0.589. The molecule has 2 rings (SSSR count). The molecule has 2 N–H and O–H groups in total. The van der Waals surface area contributed by atoms with E-state index in [0.29, 0.717) is 11.3 Å².